The van der Waals surface area contributed by atoms with Gasteiger partial charge in [0.1, 0.15) is 4.88 Å². The van der Waals surface area contributed by atoms with Crippen LogP contribution in [-0.2, 0) is 6.54 Å². The van der Waals surface area contributed by atoms with E-state index in [0.29, 0.717) is 4.88 Å². The number of carboxylic acids is 1. The maximum atomic E-state index is 10.8. The molecule has 1 aromatic rings. The highest BCUT2D eigenvalue weighted by molar-refractivity contribution is 7.13. The number of likely N-dealkylation sites (tertiary alicyclic amines) is 1. The van der Waals surface area contributed by atoms with Crippen LogP contribution in [0.25, 0.3) is 0 Å². The van der Waals surface area contributed by atoms with Gasteiger partial charge >= 0.3 is 5.97 Å². The Bertz CT molecular complexity index is 375. The molecular formula is C12H17NO2S. The van der Waals surface area contributed by atoms with Crippen LogP contribution < -0.4 is 0 Å². The zero-order valence-corrected chi connectivity index (χ0v) is 10.3. The third-order valence-electron chi connectivity index (χ3n) is 2.99. The van der Waals surface area contributed by atoms with Crippen molar-refractivity contribution in [3.63, 3.8) is 0 Å². The predicted octanol–water partition coefficient (Wildman–Crippen LogP) is 2.68. The largest absolute Gasteiger partial charge is 0.477 e. The molecular weight excluding hydrogens is 222 g/mol. The molecule has 0 aromatic carbocycles. The van der Waals surface area contributed by atoms with Gasteiger partial charge in [-0.2, -0.15) is 0 Å². The number of aromatic carboxylic acids is 1. The van der Waals surface area contributed by atoms with Gasteiger partial charge in [-0.3, -0.25) is 4.90 Å². The molecule has 1 saturated heterocycles. The fourth-order valence-corrected chi connectivity index (χ4v) is 3.12. The van der Waals surface area contributed by atoms with Crippen molar-refractivity contribution in [2.45, 2.75) is 26.3 Å². The van der Waals surface area contributed by atoms with E-state index in [4.69, 9.17) is 5.11 Å². The average Bonchev–Trinajstić information content (AvgIpc) is 2.66. The normalized spacial score (nSPS) is 22.2. The highest BCUT2D eigenvalue weighted by Crippen LogP contribution is 2.22. The molecule has 1 fully saturated rings. The lowest BCUT2D eigenvalue weighted by Gasteiger charge is -2.30. The van der Waals surface area contributed by atoms with Gasteiger partial charge in [0.25, 0.3) is 0 Å². The molecule has 1 aromatic heterocycles. The van der Waals surface area contributed by atoms with Gasteiger partial charge in [-0.15, -0.1) is 11.3 Å². The lowest BCUT2D eigenvalue weighted by Crippen LogP contribution is -2.33. The molecule has 1 atom stereocenters. The Morgan fingerprint density at radius 1 is 1.62 bits per heavy atom. The van der Waals surface area contributed by atoms with Crippen molar-refractivity contribution in [1.29, 1.82) is 0 Å². The SMILES string of the molecule is C[C@@H]1CCCN(Cc2ccc(C(=O)O)s2)C1. The quantitative estimate of drug-likeness (QED) is 0.881. The van der Waals surface area contributed by atoms with Gasteiger partial charge in [0, 0.05) is 18.0 Å². The Kier molecular flexibility index (Phi) is 3.61. The molecule has 88 valence electrons. The Morgan fingerprint density at radius 2 is 2.44 bits per heavy atom. The summed E-state index contributed by atoms with van der Waals surface area (Å²) < 4.78 is 0. The Morgan fingerprint density at radius 3 is 3.06 bits per heavy atom. The molecule has 0 spiro atoms. The van der Waals surface area contributed by atoms with E-state index in [9.17, 15) is 4.79 Å². The number of carbonyl (C=O) groups is 1. The molecule has 2 rings (SSSR count). The van der Waals surface area contributed by atoms with Crippen LogP contribution in [0.5, 0.6) is 0 Å². The number of thiophene rings is 1. The molecule has 4 heteroatoms. The van der Waals surface area contributed by atoms with E-state index in [1.54, 1.807) is 6.07 Å². The summed E-state index contributed by atoms with van der Waals surface area (Å²) in [5.74, 6) is -0.0454. The smallest absolute Gasteiger partial charge is 0.345 e. The standard InChI is InChI=1S/C12H17NO2S/c1-9-3-2-6-13(7-9)8-10-4-5-11(16-10)12(14)15/h4-5,9H,2-3,6-8H2,1H3,(H,14,15)/t9-/m1/s1. The molecule has 0 radical (unpaired) electrons. The molecule has 0 saturated carbocycles. The van der Waals surface area contributed by atoms with Gasteiger partial charge in [0.15, 0.2) is 0 Å². The first-order valence-corrected chi connectivity index (χ1v) is 6.51. The van der Waals surface area contributed by atoms with Crippen molar-refractivity contribution in [1.82, 2.24) is 4.90 Å². The van der Waals surface area contributed by atoms with Crippen molar-refractivity contribution < 1.29 is 9.90 Å². The predicted molar refractivity (Wildman–Crippen MR) is 65.0 cm³/mol. The van der Waals surface area contributed by atoms with E-state index in [1.165, 1.54) is 24.2 Å². The molecule has 1 aliphatic rings. The van der Waals surface area contributed by atoms with Crippen LogP contribution >= 0.6 is 11.3 Å². The van der Waals surface area contributed by atoms with Gasteiger partial charge in [-0.25, -0.2) is 4.79 Å². The third kappa shape index (κ3) is 2.83. The monoisotopic (exact) mass is 239 g/mol. The Labute approximate surface area is 99.7 Å². The summed E-state index contributed by atoms with van der Waals surface area (Å²) in [5, 5.41) is 8.84. The Balaban J connectivity index is 1.95. The first-order valence-electron chi connectivity index (χ1n) is 5.69. The second-order valence-electron chi connectivity index (χ2n) is 4.55. The highest BCUT2D eigenvalue weighted by Gasteiger charge is 2.17. The summed E-state index contributed by atoms with van der Waals surface area (Å²) in [6.07, 6.45) is 2.58. The van der Waals surface area contributed by atoms with Gasteiger partial charge < -0.3 is 5.11 Å². The maximum absolute atomic E-state index is 10.8. The average molecular weight is 239 g/mol. The molecule has 1 N–H and O–H groups in total. The van der Waals surface area contributed by atoms with Crippen molar-refractivity contribution in [2.75, 3.05) is 13.1 Å². The molecule has 0 aliphatic carbocycles. The lowest BCUT2D eigenvalue weighted by atomic mass is 10.0. The van der Waals surface area contributed by atoms with Crippen molar-refractivity contribution in [2.24, 2.45) is 5.92 Å². The van der Waals surface area contributed by atoms with Crippen molar-refractivity contribution >= 4 is 17.3 Å². The summed E-state index contributed by atoms with van der Waals surface area (Å²) >= 11 is 1.39. The number of hydrogen-bond donors (Lipinski definition) is 1. The minimum Gasteiger partial charge on any atom is -0.477 e. The topological polar surface area (TPSA) is 40.5 Å². The van der Waals surface area contributed by atoms with Crippen LogP contribution in [0, 0.1) is 5.92 Å². The number of rotatable bonds is 3. The van der Waals surface area contributed by atoms with Crippen LogP contribution in [0.4, 0.5) is 0 Å². The van der Waals surface area contributed by atoms with Crippen LogP contribution in [0.1, 0.15) is 34.3 Å². The fraction of sp³-hybridized carbons (Fsp3) is 0.583. The van der Waals surface area contributed by atoms with E-state index in [1.807, 2.05) is 6.07 Å². The first-order chi connectivity index (χ1) is 7.65. The molecule has 0 unspecified atom stereocenters. The molecule has 0 amide bonds. The second kappa shape index (κ2) is 4.97. The van der Waals surface area contributed by atoms with E-state index in [0.717, 1.165) is 30.4 Å². The molecule has 3 nitrogen and oxygen atoms in total. The first kappa shape index (κ1) is 11.6. The second-order valence-corrected chi connectivity index (χ2v) is 5.72. The van der Waals surface area contributed by atoms with Gasteiger partial charge in [0.2, 0.25) is 0 Å². The summed E-state index contributed by atoms with van der Waals surface area (Å²) in [4.78, 5) is 14.8. The molecule has 16 heavy (non-hydrogen) atoms. The van der Waals surface area contributed by atoms with Crippen molar-refractivity contribution in [3.05, 3.63) is 21.9 Å². The summed E-state index contributed by atoms with van der Waals surface area (Å²) in [6.45, 7) is 5.47. The summed E-state index contributed by atoms with van der Waals surface area (Å²) in [6, 6.07) is 3.64. The minimum atomic E-state index is -0.816. The zero-order valence-electron chi connectivity index (χ0n) is 9.48. The molecule has 2 heterocycles. The number of nitrogens with zero attached hydrogens (tertiary/aromatic N) is 1. The summed E-state index contributed by atoms with van der Waals surface area (Å²) in [5.41, 5.74) is 0. The highest BCUT2D eigenvalue weighted by atomic mass is 32.1. The van der Waals surface area contributed by atoms with Crippen LogP contribution in [-0.4, -0.2) is 29.1 Å². The molecule has 0 bridgehead atoms. The van der Waals surface area contributed by atoms with Gasteiger partial charge in [-0.1, -0.05) is 6.92 Å². The fourth-order valence-electron chi connectivity index (χ4n) is 2.23. The number of carboxylic acid groups (broad SMARTS) is 1. The Hall–Kier alpha value is -0.870. The van der Waals surface area contributed by atoms with Crippen LogP contribution in [0.3, 0.4) is 0 Å². The van der Waals surface area contributed by atoms with E-state index in [2.05, 4.69) is 11.8 Å². The summed E-state index contributed by atoms with van der Waals surface area (Å²) in [7, 11) is 0. The lowest BCUT2D eigenvalue weighted by molar-refractivity contribution is 0.0702. The number of hydrogen-bond acceptors (Lipinski definition) is 3. The van der Waals surface area contributed by atoms with E-state index < -0.39 is 5.97 Å². The minimum absolute atomic E-state index is 0.444. The van der Waals surface area contributed by atoms with E-state index >= 15 is 0 Å². The molecule has 1 aliphatic heterocycles. The van der Waals surface area contributed by atoms with Gasteiger partial charge in [0.05, 0.1) is 0 Å². The van der Waals surface area contributed by atoms with Crippen LogP contribution in [0.2, 0.25) is 0 Å². The van der Waals surface area contributed by atoms with E-state index in [-0.39, 0.29) is 0 Å². The van der Waals surface area contributed by atoms with Gasteiger partial charge in [-0.05, 0) is 37.4 Å². The number of piperidine rings is 1. The van der Waals surface area contributed by atoms with Crippen molar-refractivity contribution in [3.8, 4) is 0 Å². The maximum Gasteiger partial charge on any atom is 0.345 e. The third-order valence-corrected chi connectivity index (χ3v) is 4.05. The zero-order chi connectivity index (χ0) is 11.5. The van der Waals surface area contributed by atoms with Crippen LogP contribution in [0.15, 0.2) is 12.1 Å².